The monoisotopic (exact) mass is 313 g/mol. The first-order valence-corrected chi connectivity index (χ1v) is 6.81. The van der Waals surface area contributed by atoms with Crippen molar-refractivity contribution in [3.63, 3.8) is 0 Å². The Balaban J connectivity index is 2.17. The molecule has 2 aromatic carbocycles. The van der Waals surface area contributed by atoms with Crippen molar-refractivity contribution in [2.45, 2.75) is 13.8 Å². The minimum absolute atomic E-state index is 0.144. The topological polar surface area (TPSA) is 101 Å². The average Bonchev–Trinajstić information content (AvgIpc) is 2.49. The number of nitro groups is 1. The highest BCUT2D eigenvalue weighted by molar-refractivity contribution is 6.04. The molecule has 0 spiro atoms. The highest BCUT2D eigenvalue weighted by Gasteiger charge is 2.12. The summed E-state index contributed by atoms with van der Waals surface area (Å²) in [6.45, 7) is 3.21. The molecule has 0 aromatic heterocycles. The van der Waals surface area contributed by atoms with Gasteiger partial charge in [-0.1, -0.05) is 6.07 Å². The van der Waals surface area contributed by atoms with Crippen LogP contribution in [0.2, 0.25) is 0 Å². The van der Waals surface area contributed by atoms with Crippen molar-refractivity contribution in [3.8, 4) is 0 Å². The Labute approximate surface area is 132 Å². The smallest absolute Gasteiger partial charge is 0.270 e. The molecule has 118 valence electrons. The normalized spacial score (nSPS) is 10.0. The molecule has 0 aliphatic rings. The average molecular weight is 313 g/mol. The summed E-state index contributed by atoms with van der Waals surface area (Å²) in [5, 5.41) is 16.1. The number of rotatable bonds is 4. The zero-order chi connectivity index (χ0) is 17.0. The van der Waals surface area contributed by atoms with Gasteiger partial charge in [0.1, 0.15) is 0 Å². The lowest BCUT2D eigenvalue weighted by molar-refractivity contribution is -0.384. The number of amides is 2. The van der Waals surface area contributed by atoms with Crippen LogP contribution in [0.3, 0.4) is 0 Å². The number of carbonyl (C=O) groups excluding carboxylic acids is 2. The number of anilines is 2. The summed E-state index contributed by atoms with van der Waals surface area (Å²) in [6.07, 6.45) is 0. The van der Waals surface area contributed by atoms with Crippen molar-refractivity contribution < 1.29 is 14.5 Å². The number of aryl methyl sites for hydroxylation is 1. The Morgan fingerprint density at radius 1 is 1.09 bits per heavy atom. The van der Waals surface area contributed by atoms with Crippen LogP contribution in [0.15, 0.2) is 42.5 Å². The summed E-state index contributed by atoms with van der Waals surface area (Å²) >= 11 is 0. The third kappa shape index (κ3) is 4.13. The zero-order valence-electron chi connectivity index (χ0n) is 12.6. The number of nitrogens with zero attached hydrogens (tertiary/aromatic N) is 1. The second kappa shape index (κ2) is 6.69. The Bertz CT molecular complexity index is 787. The van der Waals surface area contributed by atoms with Crippen molar-refractivity contribution in [2.75, 3.05) is 10.6 Å². The lowest BCUT2D eigenvalue weighted by Crippen LogP contribution is -2.13. The van der Waals surface area contributed by atoms with Crippen molar-refractivity contribution in [2.24, 2.45) is 0 Å². The van der Waals surface area contributed by atoms with Crippen LogP contribution in [0.4, 0.5) is 17.1 Å². The maximum Gasteiger partial charge on any atom is 0.270 e. The molecule has 0 fully saturated rings. The number of non-ortho nitro benzene ring substituents is 1. The van der Waals surface area contributed by atoms with Gasteiger partial charge in [0.2, 0.25) is 5.91 Å². The van der Waals surface area contributed by atoms with Crippen LogP contribution in [0.5, 0.6) is 0 Å². The molecule has 0 radical (unpaired) electrons. The van der Waals surface area contributed by atoms with Gasteiger partial charge in [-0.3, -0.25) is 19.7 Å². The minimum Gasteiger partial charge on any atom is -0.326 e. The van der Waals surface area contributed by atoms with Gasteiger partial charge in [-0.15, -0.1) is 0 Å². The predicted molar refractivity (Wildman–Crippen MR) is 86.5 cm³/mol. The van der Waals surface area contributed by atoms with E-state index in [0.29, 0.717) is 11.4 Å². The van der Waals surface area contributed by atoms with Crippen LogP contribution >= 0.6 is 0 Å². The number of hydrogen-bond acceptors (Lipinski definition) is 4. The minimum atomic E-state index is -0.552. The van der Waals surface area contributed by atoms with E-state index in [9.17, 15) is 19.7 Å². The lowest BCUT2D eigenvalue weighted by atomic mass is 10.1. The van der Waals surface area contributed by atoms with Crippen LogP contribution in [0.1, 0.15) is 22.8 Å². The van der Waals surface area contributed by atoms with Crippen molar-refractivity contribution in [1.82, 2.24) is 0 Å². The van der Waals surface area contributed by atoms with E-state index in [1.807, 2.05) is 0 Å². The van der Waals surface area contributed by atoms with Gasteiger partial charge >= 0.3 is 0 Å². The molecule has 0 unspecified atom stereocenters. The van der Waals surface area contributed by atoms with E-state index in [1.54, 1.807) is 25.1 Å². The van der Waals surface area contributed by atoms with Crippen LogP contribution < -0.4 is 10.6 Å². The summed E-state index contributed by atoms with van der Waals surface area (Å²) in [4.78, 5) is 33.4. The summed E-state index contributed by atoms with van der Waals surface area (Å²) < 4.78 is 0. The quantitative estimate of drug-likeness (QED) is 0.668. The van der Waals surface area contributed by atoms with Gasteiger partial charge in [0.25, 0.3) is 11.6 Å². The summed E-state index contributed by atoms with van der Waals surface area (Å²) in [5.41, 5.74) is 2.04. The highest BCUT2D eigenvalue weighted by atomic mass is 16.6. The molecule has 7 heteroatoms. The molecule has 23 heavy (non-hydrogen) atoms. The molecule has 2 aromatic rings. The van der Waals surface area contributed by atoms with E-state index in [2.05, 4.69) is 10.6 Å². The number of nitrogens with one attached hydrogen (secondary N) is 2. The molecular formula is C16H15N3O4. The first-order valence-electron chi connectivity index (χ1n) is 6.81. The van der Waals surface area contributed by atoms with Crippen molar-refractivity contribution in [1.29, 1.82) is 0 Å². The molecule has 0 heterocycles. The number of benzene rings is 2. The van der Waals surface area contributed by atoms with Gasteiger partial charge in [-0.25, -0.2) is 0 Å². The number of carbonyl (C=O) groups is 2. The Kier molecular flexibility index (Phi) is 4.70. The molecule has 0 bridgehead atoms. The summed E-state index contributed by atoms with van der Waals surface area (Å²) in [6, 6.07) is 10.5. The standard InChI is InChI=1S/C16H15N3O4/c1-10-8-13(6-7-15(10)17-11(2)20)18-16(21)12-4-3-5-14(9-12)19(22)23/h3-9H,1-2H3,(H,17,20)(H,18,21). The molecule has 7 nitrogen and oxygen atoms in total. The van der Waals surface area contributed by atoms with Crippen molar-refractivity contribution in [3.05, 3.63) is 63.7 Å². The Morgan fingerprint density at radius 2 is 1.83 bits per heavy atom. The maximum atomic E-state index is 12.2. The van der Waals surface area contributed by atoms with Crippen LogP contribution in [-0.4, -0.2) is 16.7 Å². The van der Waals surface area contributed by atoms with E-state index in [4.69, 9.17) is 0 Å². The molecule has 0 atom stereocenters. The summed E-state index contributed by atoms with van der Waals surface area (Å²) in [5.74, 6) is -0.623. The SMILES string of the molecule is CC(=O)Nc1ccc(NC(=O)c2cccc([N+](=O)[O-])c2)cc1C. The Hall–Kier alpha value is -3.22. The lowest BCUT2D eigenvalue weighted by Gasteiger charge is -2.10. The molecule has 0 aliphatic heterocycles. The van der Waals surface area contributed by atoms with Gasteiger partial charge in [0.05, 0.1) is 4.92 Å². The van der Waals surface area contributed by atoms with E-state index in [0.717, 1.165) is 5.56 Å². The second-order valence-corrected chi connectivity index (χ2v) is 4.97. The van der Waals surface area contributed by atoms with Gasteiger partial charge in [-0.05, 0) is 36.8 Å². The Morgan fingerprint density at radius 3 is 2.43 bits per heavy atom. The second-order valence-electron chi connectivity index (χ2n) is 4.97. The van der Waals surface area contributed by atoms with E-state index < -0.39 is 10.8 Å². The predicted octanol–water partition coefficient (Wildman–Crippen LogP) is 3.11. The number of hydrogen-bond donors (Lipinski definition) is 2. The fourth-order valence-electron chi connectivity index (χ4n) is 2.04. The van der Waals surface area contributed by atoms with E-state index in [1.165, 1.54) is 31.2 Å². The van der Waals surface area contributed by atoms with E-state index in [-0.39, 0.29) is 17.2 Å². The van der Waals surface area contributed by atoms with Gasteiger partial charge < -0.3 is 10.6 Å². The number of nitro benzene ring substituents is 1. The maximum absolute atomic E-state index is 12.2. The molecule has 2 amide bonds. The van der Waals surface area contributed by atoms with Crippen LogP contribution in [0.25, 0.3) is 0 Å². The zero-order valence-corrected chi connectivity index (χ0v) is 12.6. The summed E-state index contributed by atoms with van der Waals surface area (Å²) in [7, 11) is 0. The first kappa shape index (κ1) is 16.2. The third-order valence-electron chi connectivity index (χ3n) is 3.11. The fraction of sp³-hybridized carbons (Fsp3) is 0.125. The van der Waals surface area contributed by atoms with Gasteiger partial charge in [-0.2, -0.15) is 0 Å². The highest BCUT2D eigenvalue weighted by Crippen LogP contribution is 2.21. The molecule has 0 saturated heterocycles. The third-order valence-corrected chi connectivity index (χ3v) is 3.11. The van der Waals surface area contributed by atoms with Crippen LogP contribution in [0, 0.1) is 17.0 Å². The largest absolute Gasteiger partial charge is 0.326 e. The van der Waals surface area contributed by atoms with E-state index >= 15 is 0 Å². The molecular weight excluding hydrogens is 298 g/mol. The fourth-order valence-corrected chi connectivity index (χ4v) is 2.04. The van der Waals surface area contributed by atoms with Gasteiger partial charge in [0.15, 0.2) is 0 Å². The molecule has 2 N–H and O–H groups in total. The van der Waals surface area contributed by atoms with Gasteiger partial charge in [0, 0.05) is 36.0 Å². The first-order chi connectivity index (χ1) is 10.9. The molecule has 2 rings (SSSR count). The molecule has 0 aliphatic carbocycles. The molecule has 0 saturated carbocycles. The van der Waals surface area contributed by atoms with Crippen LogP contribution in [-0.2, 0) is 4.79 Å². The van der Waals surface area contributed by atoms with Crippen molar-refractivity contribution >= 4 is 28.9 Å².